The van der Waals surface area contributed by atoms with Gasteiger partial charge in [0, 0.05) is 82.9 Å². The van der Waals surface area contributed by atoms with E-state index >= 15 is 0 Å². The van der Waals surface area contributed by atoms with Crippen LogP contribution in [0, 0.1) is 0 Å². The number of pyridine rings is 3. The third-order valence-corrected chi connectivity index (χ3v) is 11.1. The maximum atomic E-state index is 12.8. The zero-order valence-electron chi connectivity index (χ0n) is 36.2. The second-order valence-electron chi connectivity index (χ2n) is 15.0. The minimum Gasteiger partial charge on any atom is -0.477 e. The average molecular weight is 968 g/mol. The van der Waals surface area contributed by atoms with E-state index in [9.17, 15) is 14.4 Å². The van der Waals surface area contributed by atoms with Crippen molar-refractivity contribution in [1.29, 1.82) is 0 Å². The highest BCUT2D eigenvalue weighted by molar-refractivity contribution is 6.36. The Bertz CT molecular complexity index is 3340. The smallest absolute Gasteiger partial charge is 0.266 e. The zero-order valence-corrected chi connectivity index (χ0v) is 38.5. The van der Waals surface area contributed by atoms with Gasteiger partial charge in [0.15, 0.2) is 0 Å². The molecule has 9 heterocycles. The van der Waals surface area contributed by atoms with Crippen LogP contribution < -0.4 is 31.1 Å². The first-order valence-electron chi connectivity index (χ1n) is 20.6. The van der Waals surface area contributed by atoms with E-state index in [0.717, 1.165) is 48.7 Å². The van der Waals surface area contributed by atoms with Gasteiger partial charge in [-0.3, -0.25) is 24.6 Å². The summed E-state index contributed by atoms with van der Waals surface area (Å²) in [5, 5.41) is 14.9. The number of fused-ring (bicyclic) bond motifs is 3. The molecular weight excluding hydrogens is 927 g/mol. The standard InChI is InChI=1S/C23H24N6O3.C13H12ClN5O2.C8H5Cl2N3O/c1-28-15-24-20-12-19(17-2-4-18(5-3-17)29-7-10-31-11-8-29)27-22(21(20)23(28)30)32-9-6-16-13-25-26-14-16;1-19-7-15-9-4-10(14)18-12(11(9)13(19)20)21-3-2-8-5-16-17-6-8;1-13-3-11-4-2-5(9)12-7(10)6(4)8(13)14/h2-5,12-15H,6-11H2,1H3,(H,25,26);4-7H,2-3H2,1H3,(H,16,17);2-3H,1H3. The molecule has 20 nitrogen and oxygen atoms in total. The number of aromatic nitrogens is 13. The molecule has 2 N–H and O–H groups in total. The van der Waals surface area contributed by atoms with E-state index in [-0.39, 0.29) is 38.0 Å². The van der Waals surface area contributed by atoms with E-state index in [2.05, 4.69) is 62.3 Å². The van der Waals surface area contributed by atoms with Crippen LogP contribution in [0.1, 0.15) is 11.1 Å². The number of morpholine rings is 1. The Balaban J connectivity index is 0.000000149. The van der Waals surface area contributed by atoms with Crippen molar-refractivity contribution in [1.82, 2.24) is 64.0 Å². The highest BCUT2D eigenvalue weighted by Gasteiger charge is 2.17. The molecule has 344 valence electrons. The van der Waals surface area contributed by atoms with Crippen LogP contribution in [-0.4, -0.2) is 104 Å². The van der Waals surface area contributed by atoms with Gasteiger partial charge in [-0.2, -0.15) is 10.2 Å². The number of halogens is 3. The van der Waals surface area contributed by atoms with Crippen LogP contribution in [-0.2, 0) is 38.7 Å². The van der Waals surface area contributed by atoms with Crippen LogP contribution in [0.2, 0.25) is 15.5 Å². The summed E-state index contributed by atoms with van der Waals surface area (Å²) in [7, 11) is 4.89. The Morgan fingerprint density at radius 1 is 0.627 bits per heavy atom. The first-order valence-corrected chi connectivity index (χ1v) is 21.8. The third-order valence-electron chi connectivity index (χ3n) is 10.4. The second-order valence-corrected chi connectivity index (χ2v) is 16.2. The molecule has 0 radical (unpaired) electrons. The van der Waals surface area contributed by atoms with Gasteiger partial charge in [-0.1, -0.05) is 46.9 Å². The number of benzene rings is 1. The number of nitrogens with one attached hydrogen (secondary N) is 2. The summed E-state index contributed by atoms with van der Waals surface area (Å²) < 4.78 is 21.2. The van der Waals surface area contributed by atoms with E-state index in [1.807, 2.05) is 24.4 Å². The molecule has 8 aromatic heterocycles. The number of aromatic amines is 2. The van der Waals surface area contributed by atoms with Crippen LogP contribution >= 0.6 is 34.8 Å². The van der Waals surface area contributed by atoms with Gasteiger partial charge in [-0.15, -0.1) is 0 Å². The maximum absolute atomic E-state index is 12.8. The molecule has 0 bridgehead atoms. The second kappa shape index (κ2) is 20.9. The molecule has 67 heavy (non-hydrogen) atoms. The monoisotopic (exact) mass is 966 g/mol. The van der Waals surface area contributed by atoms with Gasteiger partial charge in [0.25, 0.3) is 16.7 Å². The van der Waals surface area contributed by atoms with Crippen molar-refractivity contribution in [2.24, 2.45) is 21.1 Å². The van der Waals surface area contributed by atoms with E-state index in [0.29, 0.717) is 70.3 Å². The Kier molecular flexibility index (Phi) is 14.5. The highest BCUT2D eigenvalue weighted by Crippen LogP contribution is 2.29. The Hall–Kier alpha value is -7.26. The van der Waals surface area contributed by atoms with E-state index in [4.69, 9.17) is 54.0 Å². The fraction of sp³-hybridized carbons (Fsp3) is 0.250. The van der Waals surface area contributed by atoms with Crippen molar-refractivity contribution in [2.75, 3.05) is 44.4 Å². The van der Waals surface area contributed by atoms with Crippen molar-refractivity contribution in [2.45, 2.75) is 12.8 Å². The van der Waals surface area contributed by atoms with Crippen molar-refractivity contribution in [3.63, 3.8) is 0 Å². The molecule has 9 aromatic rings. The van der Waals surface area contributed by atoms with Crippen molar-refractivity contribution < 1.29 is 14.2 Å². The lowest BCUT2D eigenvalue weighted by Gasteiger charge is -2.28. The summed E-state index contributed by atoms with van der Waals surface area (Å²) in [6.07, 6.45) is 12.7. The third kappa shape index (κ3) is 10.9. The predicted molar refractivity (Wildman–Crippen MR) is 253 cm³/mol. The molecular formula is C44H41Cl3N14O6. The Morgan fingerprint density at radius 3 is 1.63 bits per heavy atom. The van der Waals surface area contributed by atoms with Crippen LogP contribution in [0.3, 0.4) is 0 Å². The summed E-state index contributed by atoms with van der Waals surface area (Å²) in [4.78, 5) is 64.1. The van der Waals surface area contributed by atoms with Gasteiger partial charge in [-0.25, -0.2) is 29.9 Å². The normalized spacial score (nSPS) is 12.4. The van der Waals surface area contributed by atoms with Crippen molar-refractivity contribution in [3.8, 4) is 23.0 Å². The highest BCUT2D eigenvalue weighted by atomic mass is 35.5. The summed E-state index contributed by atoms with van der Waals surface area (Å²) in [6.45, 7) is 3.99. The van der Waals surface area contributed by atoms with Gasteiger partial charge >= 0.3 is 0 Å². The lowest BCUT2D eigenvalue weighted by atomic mass is 10.1. The fourth-order valence-electron chi connectivity index (χ4n) is 6.88. The average Bonchev–Trinajstić information content (AvgIpc) is 4.06. The molecule has 1 aliphatic heterocycles. The first kappa shape index (κ1) is 46.3. The quantitative estimate of drug-likeness (QED) is 0.169. The number of aryl methyl sites for hydroxylation is 3. The van der Waals surface area contributed by atoms with Crippen LogP contribution in [0.5, 0.6) is 11.8 Å². The van der Waals surface area contributed by atoms with Gasteiger partial charge in [0.05, 0.1) is 80.0 Å². The number of H-pyrrole nitrogens is 2. The van der Waals surface area contributed by atoms with Crippen molar-refractivity contribution >= 4 is 73.2 Å². The predicted octanol–water partition coefficient (Wildman–Crippen LogP) is 5.14. The summed E-state index contributed by atoms with van der Waals surface area (Å²) in [5.74, 6) is 0.502. The van der Waals surface area contributed by atoms with Crippen LogP contribution in [0.25, 0.3) is 44.0 Å². The molecule has 0 amide bonds. The largest absolute Gasteiger partial charge is 0.477 e. The number of hydrogen-bond acceptors (Lipinski definition) is 15. The maximum Gasteiger partial charge on any atom is 0.266 e. The van der Waals surface area contributed by atoms with Crippen LogP contribution in [0.15, 0.2) is 101 Å². The Morgan fingerprint density at radius 2 is 1.10 bits per heavy atom. The number of rotatable bonds is 10. The Labute approximate surface area is 395 Å². The van der Waals surface area contributed by atoms with Gasteiger partial charge in [0.2, 0.25) is 11.8 Å². The minimum atomic E-state index is -0.232. The number of anilines is 1. The lowest BCUT2D eigenvalue weighted by Crippen LogP contribution is -2.36. The van der Waals surface area contributed by atoms with Gasteiger partial charge in [-0.05, 0) is 29.3 Å². The molecule has 1 aromatic carbocycles. The molecule has 1 saturated heterocycles. The summed E-state index contributed by atoms with van der Waals surface area (Å²) in [5.41, 5.74) is 5.69. The van der Waals surface area contributed by atoms with E-state index in [1.54, 1.807) is 45.8 Å². The molecule has 0 unspecified atom stereocenters. The SMILES string of the molecule is Cn1cnc2cc(-c3ccc(N4CCOCC4)cc3)nc(OCCc3cn[nH]c3)c2c1=O.Cn1cnc2cc(Cl)nc(Cl)c2c1=O.Cn1cnc2cc(Cl)nc(OCCc3cn[nH]c3)c2c1=O. The van der Waals surface area contributed by atoms with Crippen molar-refractivity contribution in [3.05, 3.63) is 144 Å². The number of ether oxygens (including phenoxy) is 3. The number of nitrogens with zero attached hydrogens (tertiary/aromatic N) is 12. The van der Waals surface area contributed by atoms with E-state index in [1.165, 1.54) is 38.7 Å². The first-order chi connectivity index (χ1) is 32.4. The topological polar surface area (TPSA) is 232 Å². The zero-order chi connectivity index (χ0) is 47.0. The van der Waals surface area contributed by atoms with Gasteiger partial charge < -0.3 is 32.8 Å². The van der Waals surface area contributed by atoms with E-state index < -0.39 is 0 Å². The molecule has 0 saturated carbocycles. The van der Waals surface area contributed by atoms with Crippen LogP contribution in [0.4, 0.5) is 5.69 Å². The summed E-state index contributed by atoms with van der Waals surface area (Å²) in [6, 6.07) is 13.1. The van der Waals surface area contributed by atoms with Gasteiger partial charge in [0.1, 0.15) is 31.6 Å². The molecule has 10 rings (SSSR count). The summed E-state index contributed by atoms with van der Waals surface area (Å²) >= 11 is 17.4. The molecule has 0 atom stereocenters. The minimum absolute atomic E-state index is 0.0844. The molecule has 1 fully saturated rings. The fourth-order valence-corrected chi connectivity index (χ4v) is 7.56. The molecule has 0 aliphatic carbocycles. The molecule has 1 aliphatic rings. The lowest BCUT2D eigenvalue weighted by molar-refractivity contribution is 0.122. The number of hydrogen-bond donors (Lipinski definition) is 2. The molecule has 0 spiro atoms. The molecule has 23 heteroatoms.